The Labute approximate surface area is 327 Å². The van der Waals surface area contributed by atoms with Crippen molar-refractivity contribution >= 4 is 50.8 Å². The number of alkyl carbamates (subject to hydrolysis) is 1. The summed E-state index contributed by atoms with van der Waals surface area (Å²) < 4.78 is 39.9. The van der Waals surface area contributed by atoms with E-state index in [0.717, 1.165) is 35.8 Å². The highest BCUT2D eigenvalue weighted by Gasteiger charge is 2.62. The quantitative estimate of drug-likeness (QED) is 0.228. The first-order chi connectivity index (χ1) is 27.0. The molecule has 13 nitrogen and oxygen atoms in total. The number of cyclic esters (lactones) is 1. The fourth-order valence-corrected chi connectivity index (χ4v) is 8.91. The molecule has 5 atom stereocenters. The van der Waals surface area contributed by atoms with Crippen LogP contribution in [0, 0.1) is 5.92 Å². The number of allylic oxidation sites excluding steroid dienone is 1. The summed E-state index contributed by atoms with van der Waals surface area (Å²) in [4.78, 5) is 61.8. The summed E-state index contributed by atoms with van der Waals surface area (Å²) in [7, 11) is -3.90. The molecule has 0 radical (unpaired) electrons. The molecule has 1 saturated heterocycles. The highest BCUT2D eigenvalue weighted by Crippen LogP contribution is 2.45. The molecule has 56 heavy (non-hydrogen) atoms. The van der Waals surface area contributed by atoms with Crippen LogP contribution < -0.4 is 20.1 Å². The van der Waals surface area contributed by atoms with E-state index in [4.69, 9.17) is 14.5 Å². The third-order valence-corrected chi connectivity index (χ3v) is 12.8. The summed E-state index contributed by atoms with van der Waals surface area (Å²) in [6.45, 7) is 5.96. The lowest BCUT2D eigenvalue weighted by molar-refractivity contribution is -0.141. The van der Waals surface area contributed by atoms with Crippen molar-refractivity contribution in [2.75, 3.05) is 13.2 Å². The summed E-state index contributed by atoms with van der Waals surface area (Å²) in [5.74, 6) is -1.93. The van der Waals surface area contributed by atoms with E-state index >= 15 is 0 Å². The number of carbonyl (C=O) groups excluding carboxylic acids is 4. The smallest absolute Gasteiger partial charge is 0.407 e. The van der Waals surface area contributed by atoms with Gasteiger partial charge in [0.15, 0.2) is 0 Å². The van der Waals surface area contributed by atoms with Gasteiger partial charge in [-0.2, -0.15) is 0 Å². The molecule has 3 fully saturated rings. The van der Waals surface area contributed by atoms with Crippen LogP contribution in [0.3, 0.4) is 0 Å². The number of fused-ring (bicyclic) bond motifs is 3. The van der Waals surface area contributed by atoms with Crippen LogP contribution in [0.5, 0.6) is 5.75 Å². The van der Waals surface area contributed by atoms with Gasteiger partial charge in [-0.05, 0) is 62.6 Å². The van der Waals surface area contributed by atoms with E-state index in [2.05, 4.69) is 28.0 Å². The van der Waals surface area contributed by atoms with Crippen LogP contribution in [0.1, 0.15) is 76.7 Å². The molecule has 4 amide bonds. The average Bonchev–Trinajstić information content (AvgIpc) is 4.12. The molecule has 3 aromatic rings. The molecule has 3 heterocycles. The van der Waals surface area contributed by atoms with Gasteiger partial charge in [-0.1, -0.05) is 74.4 Å². The zero-order valence-corrected chi connectivity index (χ0v) is 32.4. The Balaban J connectivity index is 1.25. The van der Waals surface area contributed by atoms with E-state index < -0.39 is 68.7 Å². The molecule has 4 aliphatic rings. The van der Waals surface area contributed by atoms with E-state index in [-0.39, 0.29) is 26.0 Å². The zero-order chi connectivity index (χ0) is 39.5. The van der Waals surface area contributed by atoms with Crippen LogP contribution in [0.2, 0.25) is 0 Å². The van der Waals surface area contributed by atoms with Crippen LogP contribution in [0.25, 0.3) is 28.2 Å². The van der Waals surface area contributed by atoms with Crippen molar-refractivity contribution in [3.63, 3.8) is 0 Å². The van der Waals surface area contributed by atoms with Gasteiger partial charge in [0.25, 0.3) is 5.91 Å². The predicted octanol–water partition coefficient (Wildman–Crippen LogP) is 5.40. The first-order valence-corrected chi connectivity index (χ1v) is 21.1. The van der Waals surface area contributed by atoms with Crippen molar-refractivity contribution in [3.05, 3.63) is 78.9 Å². The van der Waals surface area contributed by atoms with E-state index in [9.17, 15) is 27.6 Å². The lowest BCUT2D eigenvalue weighted by Crippen LogP contribution is -2.58. The first kappa shape index (κ1) is 39.0. The van der Waals surface area contributed by atoms with E-state index in [0.29, 0.717) is 49.1 Å². The maximum Gasteiger partial charge on any atom is 0.407 e. The van der Waals surface area contributed by atoms with Crippen LogP contribution >= 0.6 is 0 Å². The molecule has 2 aliphatic carbocycles. The number of carbonyl (C=O) groups is 4. The Morgan fingerprint density at radius 3 is 2.64 bits per heavy atom. The number of ether oxygens (including phenoxy) is 2. The number of pyridine rings is 1. The number of hydrogen-bond donors (Lipinski definition) is 3. The van der Waals surface area contributed by atoms with Crippen LogP contribution in [-0.2, 0) is 29.1 Å². The maximum absolute atomic E-state index is 14.5. The third kappa shape index (κ3) is 8.59. The fourth-order valence-electron chi connectivity index (χ4n) is 7.54. The summed E-state index contributed by atoms with van der Waals surface area (Å²) in [5, 5.41) is 5.71. The van der Waals surface area contributed by atoms with Crippen molar-refractivity contribution in [2.45, 2.75) is 100 Å². The second kappa shape index (κ2) is 16.5. The van der Waals surface area contributed by atoms with Gasteiger partial charge in [-0.3, -0.25) is 19.1 Å². The normalized spacial score (nSPS) is 26.1. The van der Waals surface area contributed by atoms with Gasteiger partial charge in [-0.15, -0.1) is 6.58 Å². The molecule has 1 aromatic heterocycles. The Morgan fingerprint density at radius 2 is 1.91 bits per heavy atom. The molecule has 0 spiro atoms. The SMILES string of the molecule is C=C[C@H]1C[C@]1(NC(=O)[C@@H]1C[C@@H]2CN1C(=O)[C@H](CCCC)NC(=O)OCCCC/C=C/c1ccc3nc(-c4ccccc4)cc(c3c1)O2)C(=O)NS(=O)(=O)C1CC1. The van der Waals surface area contributed by atoms with E-state index in [1.807, 2.05) is 67.6 Å². The van der Waals surface area contributed by atoms with Crippen LogP contribution in [0.15, 0.2) is 73.3 Å². The molecule has 4 bridgehead atoms. The third-order valence-electron chi connectivity index (χ3n) is 11.0. The van der Waals surface area contributed by atoms with Gasteiger partial charge < -0.3 is 25.0 Å². The molecule has 2 aromatic carbocycles. The molecule has 2 saturated carbocycles. The van der Waals surface area contributed by atoms with Gasteiger partial charge in [-0.25, -0.2) is 18.2 Å². The Morgan fingerprint density at radius 1 is 1.11 bits per heavy atom. The zero-order valence-electron chi connectivity index (χ0n) is 31.6. The number of amides is 4. The second-order valence-electron chi connectivity index (χ2n) is 15.2. The summed E-state index contributed by atoms with van der Waals surface area (Å²) >= 11 is 0. The van der Waals surface area contributed by atoms with Gasteiger partial charge >= 0.3 is 6.09 Å². The van der Waals surface area contributed by atoms with Crippen molar-refractivity contribution in [2.24, 2.45) is 5.92 Å². The maximum atomic E-state index is 14.5. The van der Waals surface area contributed by atoms with Crippen molar-refractivity contribution in [1.82, 2.24) is 25.2 Å². The number of benzene rings is 2. The van der Waals surface area contributed by atoms with Gasteiger partial charge in [0.2, 0.25) is 21.8 Å². The summed E-state index contributed by atoms with van der Waals surface area (Å²) in [6, 6.07) is 15.4. The van der Waals surface area contributed by atoms with Crippen LogP contribution in [-0.4, -0.2) is 84.2 Å². The molecule has 14 heteroatoms. The van der Waals surface area contributed by atoms with E-state index in [1.54, 1.807) is 0 Å². The fraction of sp³-hybridized carbons (Fsp3) is 0.452. The molecule has 296 valence electrons. The number of unbranched alkanes of at least 4 members (excludes halogenated alkanes) is 1. The number of nitrogens with zero attached hydrogens (tertiary/aromatic N) is 2. The minimum absolute atomic E-state index is 0.000491. The molecule has 2 aliphatic heterocycles. The molecule has 0 unspecified atom stereocenters. The van der Waals surface area contributed by atoms with Gasteiger partial charge in [0, 0.05) is 29.4 Å². The highest BCUT2D eigenvalue weighted by molar-refractivity contribution is 7.91. The monoisotopic (exact) mass is 783 g/mol. The Kier molecular flexibility index (Phi) is 11.5. The molecular formula is C42H49N5O8S. The van der Waals surface area contributed by atoms with E-state index in [1.165, 1.54) is 11.0 Å². The topological polar surface area (TPSA) is 173 Å². The lowest BCUT2D eigenvalue weighted by atomic mass is 10.1. The summed E-state index contributed by atoms with van der Waals surface area (Å²) in [6.07, 6.45) is 9.26. The van der Waals surface area contributed by atoms with Crippen molar-refractivity contribution in [1.29, 1.82) is 0 Å². The minimum atomic E-state index is -3.90. The number of nitrogens with one attached hydrogen (secondary N) is 3. The standard InChI is InChI=1S/C42H49N5O8S/c1-3-5-16-34-39(49)47-26-30(23-36(47)38(48)45-42(25-29(42)4-2)40(50)46-56(52,53)31-18-19-31)55-37-24-35(28-14-10-8-11-15-28)43-33-20-17-27(22-32(33)37)13-9-6-7-12-21-54-41(51)44-34/h4,8-11,13-15,17,20,22,24,29-31,34,36H,2-3,5-7,12,16,18-19,21,23,25-26H2,1H3,(H,44,51)(H,45,48)(H,46,50)/b13-9+/t29-,30+,34-,36-,42+/m0/s1. The second-order valence-corrected chi connectivity index (χ2v) is 17.1. The van der Waals surface area contributed by atoms with Crippen molar-refractivity contribution in [3.8, 4) is 17.0 Å². The molecule has 3 N–H and O–H groups in total. The van der Waals surface area contributed by atoms with Crippen LogP contribution in [0.4, 0.5) is 4.79 Å². The Bertz CT molecular complexity index is 2140. The number of hydrogen-bond acceptors (Lipinski definition) is 9. The first-order valence-electron chi connectivity index (χ1n) is 19.6. The summed E-state index contributed by atoms with van der Waals surface area (Å²) in [5.41, 5.74) is 1.69. The lowest BCUT2D eigenvalue weighted by Gasteiger charge is -2.29. The van der Waals surface area contributed by atoms with Gasteiger partial charge in [0.1, 0.15) is 29.5 Å². The van der Waals surface area contributed by atoms with Crippen molar-refractivity contribution < 1.29 is 37.1 Å². The Hall–Kier alpha value is -5.24. The number of aromatic nitrogens is 1. The number of sulfonamides is 1. The minimum Gasteiger partial charge on any atom is -0.488 e. The molecular weight excluding hydrogens is 735 g/mol. The predicted molar refractivity (Wildman–Crippen MR) is 212 cm³/mol. The average molecular weight is 784 g/mol. The van der Waals surface area contributed by atoms with Gasteiger partial charge in [0.05, 0.1) is 29.6 Å². The highest BCUT2D eigenvalue weighted by atomic mass is 32.2. The number of rotatable bonds is 10. The molecule has 7 rings (SSSR count). The largest absolute Gasteiger partial charge is 0.488 e.